The lowest BCUT2D eigenvalue weighted by Gasteiger charge is -2.39. The van der Waals surface area contributed by atoms with Gasteiger partial charge in [-0.3, -0.25) is 9.36 Å². The van der Waals surface area contributed by atoms with Gasteiger partial charge >= 0.3 is 0 Å². The van der Waals surface area contributed by atoms with E-state index in [2.05, 4.69) is 25.4 Å². The van der Waals surface area contributed by atoms with E-state index in [1.54, 1.807) is 19.6 Å². The molecule has 2 aliphatic heterocycles. The van der Waals surface area contributed by atoms with Gasteiger partial charge in [-0.25, -0.2) is 15.0 Å². The molecule has 2 fully saturated rings. The maximum absolute atomic E-state index is 12.4. The van der Waals surface area contributed by atoms with Crippen LogP contribution in [0.25, 0.3) is 22.8 Å². The van der Waals surface area contributed by atoms with Crippen LogP contribution in [0.2, 0.25) is 0 Å². The molecule has 3 aliphatic rings. The molecule has 3 aromatic rings. The number of carbonyl (C=O) groups excluding carboxylic acids is 1. The van der Waals surface area contributed by atoms with Gasteiger partial charge in [0.05, 0.1) is 24.5 Å². The van der Waals surface area contributed by atoms with E-state index in [4.69, 9.17) is 19.4 Å². The van der Waals surface area contributed by atoms with Crippen molar-refractivity contribution in [1.29, 1.82) is 0 Å². The van der Waals surface area contributed by atoms with Crippen LogP contribution < -0.4 is 10.2 Å². The number of methoxy groups -OCH3 is 1. The fourth-order valence-electron chi connectivity index (χ4n) is 5.63. The topological polar surface area (TPSA) is 120 Å². The Balaban J connectivity index is 1.29. The van der Waals surface area contributed by atoms with Crippen LogP contribution in [-0.4, -0.2) is 68.0 Å². The molecule has 3 aromatic heterocycles. The van der Waals surface area contributed by atoms with Gasteiger partial charge in [-0.15, -0.1) is 10.2 Å². The third-order valence-electron chi connectivity index (χ3n) is 7.65. The van der Waals surface area contributed by atoms with Crippen molar-refractivity contribution in [3.8, 4) is 22.8 Å². The fourth-order valence-corrected chi connectivity index (χ4v) is 5.63. The lowest BCUT2D eigenvalue weighted by atomic mass is 9.91. The van der Waals surface area contributed by atoms with Gasteiger partial charge < -0.3 is 19.7 Å². The SMILES string of the molecule is CO[C@H]1CC[C@@H](N2CC(=O)Nc3ncc(-c4ccc(-c5nncn5C5CCCCO5)nc4C)nc32)CC1. The monoisotopic (exact) mass is 504 g/mol. The van der Waals surface area contributed by atoms with Crippen LogP contribution in [0.3, 0.4) is 0 Å². The summed E-state index contributed by atoms with van der Waals surface area (Å²) in [6.07, 6.45) is 10.6. The summed E-state index contributed by atoms with van der Waals surface area (Å²) in [6.45, 7) is 2.99. The highest BCUT2D eigenvalue weighted by molar-refractivity contribution is 5.99. The number of anilines is 2. The van der Waals surface area contributed by atoms with Crippen molar-refractivity contribution in [2.45, 2.75) is 70.2 Å². The maximum Gasteiger partial charge on any atom is 0.245 e. The minimum Gasteiger partial charge on any atom is -0.381 e. The van der Waals surface area contributed by atoms with E-state index < -0.39 is 0 Å². The number of aryl methyl sites for hydroxylation is 1. The molecule has 6 rings (SSSR count). The van der Waals surface area contributed by atoms with Crippen molar-refractivity contribution < 1.29 is 14.3 Å². The first-order chi connectivity index (χ1) is 18.1. The van der Waals surface area contributed by atoms with Gasteiger partial charge in [0, 0.05) is 31.0 Å². The zero-order valence-electron chi connectivity index (χ0n) is 21.3. The Bertz CT molecular complexity index is 1280. The molecule has 0 aromatic carbocycles. The zero-order valence-corrected chi connectivity index (χ0v) is 21.3. The van der Waals surface area contributed by atoms with Crippen LogP contribution in [0.5, 0.6) is 0 Å². The van der Waals surface area contributed by atoms with Crippen LogP contribution in [-0.2, 0) is 14.3 Å². The predicted octanol–water partition coefficient (Wildman–Crippen LogP) is 3.52. The Morgan fingerprint density at radius 2 is 1.95 bits per heavy atom. The number of aromatic nitrogens is 6. The summed E-state index contributed by atoms with van der Waals surface area (Å²) in [7, 11) is 1.77. The summed E-state index contributed by atoms with van der Waals surface area (Å²) in [4.78, 5) is 29.0. The summed E-state index contributed by atoms with van der Waals surface area (Å²) in [5, 5.41) is 11.3. The number of rotatable bonds is 5. The van der Waals surface area contributed by atoms with E-state index in [0.717, 1.165) is 80.0 Å². The Kier molecular flexibility index (Phi) is 6.56. The van der Waals surface area contributed by atoms with Crippen molar-refractivity contribution in [3.63, 3.8) is 0 Å². The molecule has 37 heavy (non-hydrogen) atoms. The molecule has 0 radical (unpaired) electrons. The first kappa shape index (κ1) is 23.9. The highest BCUT2D eigenvalue weighted by Crippen LogP contribution is 2.35. The number of fused-ring (bicyclic) bond motifs is 1. The fraction of sp³-hybridized carbons (Fsp3) is 0.538. The largest absolute Gasteiger partial charge is 0.381 e. The van der Waals surface area contributed by atoms with E-state index in [1.165, 1.54) is 0 Å². The summed E-state index contributed by atoms with van der Waals surface area (Å²) in [6, 6.07) is 4.18. The number of amides is 1. The number of hydrogen-bond acceptors (Lipinski definition) is 9. The molecule has 1 atom stereocenters. The zero-order chi connectivity index (χ0) is 25.4. The van der Waals surface area contributed by atoms with E-state index >= 15 is 0 Å². The van der Waals surface area contributed by atoms with Crippen molar-refractivity contribution in [2.24, 2.45) is 0 Å². The number of pyridine rings is 1. The lowest BCUT2D eigenvalue weighted by Crippen LogP contribution is -2.47. The van der Waals surface area contributed by atoms with Crippen LogP contribution in [0.4, 0.5) is 11.6 Å². The maximum atomic E-state index is 12.4. The molecule has 1 amide bonds. The number of nitrogens with one attached hydrogen (secondary N) is 1. The van der Waals surface area contributed by atoms with Crippen molar-refractivity contribution in [2.75, 3.05) is 30.5 Å². The quantitative estimate of drug-likeness (QED) is 0.556. The second-order valence-electron chi connectivity index (χ2n) is 9.98. The summed E-state index contributed by atoms with van der Waals surface area (Å²) in [5.74, 6) is 1.86. The first-order valence-electron chi connectivity index (χ1n) is 13.1. The molecule has 11 heteroatoms. The normalized spacial score (nSPS) is 24.0. The predicted molar refractivity (Wildman–Crippen MR) is 137 cm³/mol. The van der Waals surface area contributed by atoms with E-state index in [0.29, 0.717) is 11.6 Å². The Hall–Kier alpha value is -3.44. The minimum absolute atomic E-state index is 0.0586. The summed E-state index contributed by atoms with van der Waals surface area (Å²) < 4.78 is 13.4. The standard InChI is InChI=1S/C26H32N8O3/c1-16-19(10-11-20(29-16)25-32-28-15-34(25)23-5-3-4-12-37-23)21-13-27-24-26(30-21)33(14-22(35)31-24)17-6-8-18(36-2)9-7-17/h10-11,13,15,17-18,23H,3-9,12,14H2,1-2H3,(H,27,31,35)/t17-,18+,23?. The highest BCUT2D eigenvalue weighted by Gasteiger charge is 2.33. The molecule has 5 heterocycles. The summed E-state index contributed by atoms with van der Waals surface area (Å²) >= 11 is 0. The van der Waals surface area contributed by atoms with Crippen LogP contribution >= 0.6 is 0 Å². The van der Waals surface area contributed by atoms with E-state index in [-0.39, 0.29) is 30.8 Å². The van der Waals surface area contributed by atoms with Gasteiger partial charge in [0.25, 0.3) is 0 Å². The van der Waals surface area contributed by atoms with Crippen LogP contribution in [0.15, 0.2) is 24.7 Å². The minimum atomic E-state index is -0.0628. The molecular weight excluding hydrogens is 472 g/mol. The third kappa shape index (κ3) is 4.69. The molecule has 1 saturated carbocycles. The molecule has 1 saturated heterocycles. The van der Waals surface area contributed by atoms with Gasteiger partial charge in [0.2, 0.25) is 5.91 Å². The molecule has 194 valence electrons. The molecule has 1 N–H and O–H groups in total. The van der Waals surface area contributed by atoms with Gasteiger partial charge in [0.1, 0.15) is 18.2 Å². The number of hydrogen-bond donors (Lipinski definition) is 1. The Labute approximate surface area is 215 Å². The van der Waals surface area contributed by atoms with E-state index in [1.807, 2.05) is 23.6 Å². The number of nitrogens with zero attached hydrogens (tertiary/aromatic N) is 7. The van der Waals surface area contributed by atoms with Gasteiger partial charge in [-0.2, -0.15) is 0 Å². The van der Waals surface area contributed by atoms with Crippen molar-refractivity contribution >= 4 is 17.5 Å². The molecule has 1 unspecified atom stereocenters. The molecule has 0 spiro atoms. The second kappa shape index (κ2) is 10.1. The number of ether oxygens (including phenoxy) is 2. The molecular formula is C26H32N8O3. The molecule has 1 aliphatic carbocycles. The van der Waals surface area contributed by atoms with Crippen molar-refractivity contribution in [1.82, 2.24) is 29.7 Å². The number of carbonyl (C=O) groups is 1. The smallest absolute Gasteiger partial charge is 0.245 e. The summed E-state index contributed by atoms with van der Waals surface area (Å²) in [5.41, 5.74) is 3.17. The first-order valence-corrected chi connectivity index (χ1v) is 13.1. The molecule has 11 nitrogen and oxygen atoms in total. The van der Waals surface area contributed by atoms with Gasteiger partial charge in [-0.05, 0) is 64.0 Å². The second-order valence-corrected chi connectivity index (χ2v) is 9.98. The van der Waals surface area contributed by atoms with Gasteiger partial charge in [-0.1, -0.05) is 0 Å². The third-order valence-corrected chi connectivity index (χ3v) is 7.65. The van der Waals surface area contributed by atoms with Crippen LogP contribution in [0, 0.1) is 6.92 Å². The Morgan fingerprint density at radius 3 is 2.70 bits per heavy atom. The average Bonchev–Trinajstić information content (AvgIpc) is 3.43. The van der Waals surface area contributed by atoms with Crippen molar-refractivity contribution in [3.05, 3.63) is 30.4 Å². The lowest BCUT2D eigenvalue weighted by molar-refractivity contribution is -0.115. The van der Waals surface area contributed by atoms with E-state index in [9.17, 15) is 4.79 Å². The van der Waals surface area contributed by atoms with Crippen LogP contribution in [0.1, 0.15) is 56.9 Å². The average molecular weight is 505 g/mol. The Morgan fingerprint density at radius 1 is 1.08 bits per heavy atom. The van der Waals surface area contributed by atoms with Gasteiger partial charge in [0.15, 0.2) is 17.5 Å². The molecule has 0 bridgehead atoms. The highest BCUT2D eigenvalue weighted by atomic mass is 16.5.